The maximum atomic E-state index is 12.3. The molecular weight excluding hydrogens is 264 g/mol. The highest BCUT2D eigenvalue weighted by Gasteiger charge is 2.50. The maximum absolute atomic E-state index is 12.3. The molecule has 3 heteroatoms. The van der Waals surface area contributed by atoms with Crippen LogP contribution in [0.5, 0.6) is 0 Å². The molecule has 0 radical (unpaired) electrons. The number of carbonyl (C=O) groups is 1. The van der Waals surface area contributed by atoms with E-state index in [0.29, 0.717) is 5.76 Å². The standard InChI is InChI=1S/C18H24O3/c1-12-11-14(20-15(19)16(2,3)4)13-7-6-8-18(13)10-9-17(12,5)21-18/h9-11H,6-8H2,1-5H3/t17-,18+/m1/s1. The van der Waals surface area contributed by atoms with Gasteiger partial charge in [-0.1, -0.05) is 0 Å². The molecule has 1 spiro atoms. The number of fused-ring (bicyclic) bond motifs is 1. The van der Waals surface area contributed by atoms with Crippen molar-refractivity contribution in [2.45, 2.75) is 65.1 Å². The summed E-state index contributed by atoms with van der Waals surface area (Å²) in [6.07, 6.45) is 9.26. The third-order valence-corrected chi connectivity index (χ3v) is 4.79. The monoisotopic (exact) mass is 288 g/mol. The first-order valence-electron chi connectivity index (χ1n) is 7.72. The Morgan fingerprint density at radius 2 is 2.05 bits per heavy atom. The van der Waals surface area contributed by atoms with Crippen LogP contribution in [0.1, 0.15) is 53.9 Å². The molecule has 0 aromatic heterocycles. The van der Waals surface area contributed by atoms with Crippen LogP contribution in [-0.2, 0) is 14.3 Å². The molecule has 0 N–H and O–H groups in total. The van der Waals surface area contributed by atoms with Gasteiger partial charge in [-0.05, 0) is 77.7 Å². The van der Waals surface area contributed by atoms with Crippen LogP contribution in [0.2, 0.25) is 0 Å². The summed E-state index contributed by atoms with van der Waals surface area (Å²) in [6.45, 7) is 9.75. The second-order valence-electron chi connectivity index (χ2n) is 7.60. The molecular formula is C18H24O3. The van der Waals surface area contributed by atoms with Crippen LogP contribution >= 0.6 is 0 Å². The van der Waals surface area contributed by atoms with E-state index in [1.807, 2.05) is 33.8 Å². The van der Waals surface area contributed by atoms with Crippen molar-refractivity contribution in [3.05, 3.63) is 35.1 Å². The summed E-state index contributed by atoms with van der Waals surface area (Å²) in [5, 5.41) is 0. The lowest BCUT2D eigenvalue weighted by Gasteiger charge is -2.30. The van der Waals surface area contributed by atoms with Gasteiger partial charge in [-0.3, -0.25) is 4.79 Å². The van der Waals surface area contributed by atoms with E-state index in [2.05, 4.69) is 19.1 Å². The molecule has 3 nitrogen and oxygen atoms in total. The molecule has 1 fully saturated rings. The third-order valence-electron chi connectivity index (χ3n) is 4.79. The first-order valence-corrected chi connectivity index (χ1v) is 7.72. The molecule has 0 amide bonds. The molecule has 2 aliphatic heterocycles. The third kappa shape index (κ3) is 2.18. The first-order chi connectivity index (χ1) is 9.66. The zero-order valence-electron chi connectivity index (χ0n) is 13.6. The lowest BCUT2D eigenvalue weighted by atomic mass is 9.91. The average Bonchev–Trinajstić information content (AvgIpc) is 2.91. The Hall–Kier alpha value is -1.35. The quantitative estimate of drug-likeness (QED) is 0.539. The van der Waals surface area contributed by atoms with Gasteiger partial charge in [-0.15, -0.1) is 0 Å². The number of rotatable bonds is 1. The summed E-state index contributed by atoms with van der Waals surface area (Å²) in [5.41, 5.74) is 0.945. The molecule has 0 aromatic carbocycles. The van der Waals surface area contributed by atoms with E-state index < -0.39 is 5.41 Å². The van der Waals surface area contributed by atoms with Crippen molar-refractivity contribution in [3.63, 3.8) is 0 Å². The van der Waals surface area contributed by atoms with Gasteiger partial charge < -0.3 is 9.47 Å². The van der Waals surface area contributed by atoms with E-state index in [9.17, 15) is 4.79 Å². The lowest BCUT2D eigenvalue weighted by Crippen LogP contribution is -2.34. The van der Waals surface area contributed by atoms with Gasteiger partial charge in [0.15, 0.2) is 0 Å². The van der Waals surface area contributed by atoms with Gasteiger partial charge in [0.05, 0.1) is 5.41 Å². The van der Waals surface area contributed by atoms with E-state index >= 15 is 0 Å². The summed E-state index contributed by atoms with van der Waals surface area (Å²) in [7, 11) is 0. The highest BCUT2D eigenvalue weighted by Crippen LogP contribution is 2.51. The zero-order chi connectivity index (χ0) is 15.5. The SMILES string of the molecule is CC1=CC(OC(=O)C(C)(C)C)=C2CCC[C@]23C=C[C@@]1(C)O3. The molecule has 2 heterocycles. The van der Waals surface area contributed by atoms with Gasteiger partial charge in [0, 0.05) is 5.57 Å². The van der Waals surface area contributed by atoms with Crippen LogP contribution in [-0.4, -0.2) is 17.2 Å². The fourth-order valence-electron chi connectivity index (χ4n) is 3.24. The van der Waals surface area contributed by atoms with Gasteiger partial charge in [0.2, 0.25) is 0 Å². The zero-order valence-corrected chi connectivity index (χ0v) is 13.6. The maximum Gasteiger partial charge on any atom is 0.316 e. The fraction of sp³-hybridized carbons (Fsp3) is 0.611. The van der Waals surface area contributed by atoms with Gasteiger partial charge in [-0.25, -0.2) is 0 Å². The summed E-state index contributed by atoms with van der Waals surface area (Å²) < 4.78 is 12.2. The molecule has 3 rings (SSSR count). The predicted molar refractivity (Wildman–Crippen MR) is 81.5 cm³/mol. The predicted octanol–water partition coefficient (Wildman–Crippen LogP) is 4.06. The summed E-state index contributed by atoms with van der Waals surface area (Å²) in [5.74, 6) is 0.515. The Morgan fingerprint density at radius 1 is 1.33 bits per heavy atom. The number of hydrogen-bond donors (Lipinski definition) is 0. The Balaban J connectivity index is 2.05. The summed E-state index contributed by atoms with van der Waals surface area (Å²) in [6, 6.07) is 0. The summed E-state index contributed by atoms with van der Waals surface area (Å²) >= 11 is 0. The van der Waals surface area contributed by atoms with Crippen LogP contribution in [0.25, 0.3) is 0 Å². The first kappa shape index (κ1) is 14.6. The van der Waals surface area contributed by atoms with Crippen molar-refractivity contribution >= 4 is 5.97 Å². The Bertz CT molecular complexity index is 588. The van der Waals surface area contributed by atoms with Crippen molar-refractivity contribution in [2.24, 2.45) is 5.41 Å². The minimum Gasteiger partial charge on any atom is -0.426 e. The van der Waals surface area contributed by atoms with Crippen molar-refractivity contribution in [3.8, 4) is 0 Å². The molecule has 2 bridgehead atoms. The highest BCUT2D eigenvalue weighted by atomic mass is 16.5. The molecule has 3 aliphatic rings. The number of ether oxygens (including phenoxy) is 2. The Kier molecular flexibility index (Phi) is 3.00. The second-order valence-corrected chi connectivity index (χ2v) is 7.60. The molecule has 1 aliphatic carbocycles. The van der Waals surface area contributed by atoms with E-state index in [0.717, 1.165) is 30.4 Å². The van der Waals surface area contributed by atoms with Crippen LogP contribution in [0.3, 0.4) is 0 Å². The molecule has 21 heavy (non-hydrogen) atoms. The summed E-state index contributed by atoms with van der Waals surface area (Å²) in [4.78, 5) is 12.3. The number of esters is 1. The van der Waals surface area contributed by atoms with Crippen LogP contribution < -0.4 is 0 Å². The Morgan fingerprint density at radius 3 is 2.71 bits per heavy atom. The number of hydrogen-bond acceptors (Lipinski definition) is 3. The van der Waals surface area contributed by atoms with Crippen molar-refractivity contribution < 1.29 is 14.3 Å². The van der Waals surface area contributed by atoms with Crippen molar-refractivity contribution in [1.82, 2.24) is 0 Å². The van der Waals surface area contributed by atoms with Crippen molar-refractivity contribution in [1.29, 1.82) is 0 Å². The minimum atomic E-state index is -0.507. The fourth-order valence-corrected chi connectivity index (χ4v) is 3.24. The van der Waals surface area contributed by atoms with Crippen LogP contribution in [0.15, 0.2) is 35.1 Å². The number of allylic oxidation sites excluding steroid dienone is 1. The van der Waals surface area contributed by atoms with E-state index in [4.69, 9.17) is 9.47 Å². The molecule has 0 unspecified atom stereocenters. The lowest BCUT2D eigenvalue weighted by molar-refractivity contribution is -0.148. The number of carbonyl (C=O) groups excluding carboxylic acids is 1. The smallest absolute Gasteiger partial charge is 0.316 e. The van der Waals surface area contributed by atoms with E-state index in [-0.39, 0.29) is 17.2 Å². The molecule has 0 aromatic rings. The topological polar surface area (TPSA) is 35.5 Å². The molecule has 1 saturated carbocycles. The molecule has 114 valence electrons. The van der Waals surface area contributed by atoms with Crippen LogP contribution in [0.4, 0.5) is 0 Å². The molecule has 0 saturated heterocycles. The van der Waals surface area contributed by atoms with E-state index in [1.165, 1.54) is 0 Å². The van der Waals surface area contributed by atoms with Gasteiger partial charge in [-0.2, -0.15) is 0 Å². The molecule has 2 atom stereocenters. The van der Waals surface area contributed by atoms with Crippen molar-refractivity contribution in [2.75, 3.05) is 0 Å². The Labute approximate surface area is 126 Å². The average molecular weight is 288 g/mol. The normalized spacial score (nSPS) is 34.6. The van der Waals surface area contributed by atoms with Gasteiger partial charge in [0.1, 0.15) is 17.0 Å². The van der Waals surface area contributed by atoms with Crippen LogP contribution in [0, 0.1) is 5.41 Å². The van der Waals surface area contributed by atoms with Gasteiger partial charge >= 0.3 is 5.97 Å². The highest BCUT2D eigenvalue weighted by molar-refractivity contribution is 5.77. The largest absolute Gasteiger partial charge is 0.426 e. The van der Waals surface area contributed by atoms with Gasteiger partial charge in [0.25, 0.3) is 0 Å². The van der Waals surface area contributed by atoms with E-state index in [1.54, 1.807) is 0 Å². The second kappa shape index (κ2) is 4.33. The minimum absolute atomic E-state index is 0.192.